The van der Waals surface area contributed by atoms with E-state index >= 15 is 0 Å². The summed E-state index contributed by atoms with van der Waals surface area (Å²) in [7, 11) is 0.433. The van der Waals surface area contributed by atoms with E-state index < -0.39 is 16.9 Å². The summed E-state index contributed by atoms with van der Waals surface area (Å²) >= 11 is 0. The Morgan fingerprint density at radius 1 is 1.44 bits per heavy atom. The summed E-state index contributed by atoms with van der Waals surface area (Å²) in [6.07, 6.45) is 1.82. The van der Waals surface area contributed by atoms with Gasteiger partial charge in [0, 0.05) is 17.5 Å². The zero-order valence-electron chi connectivity index (χ0n) is 10.5. The maximum atomic E-state index is 12.0. The van der Waals surface area contributed by atoms with E-state index in [-0.39, 0.29) is 5.75 Å². The summed E-state index contributed by atoms with van der Waals surface area (Å²) in [5, 5.41) is 13.0. The van der Waals surface area contributed by atoms with Gasteiger partial charge in [-0.2, -0.15) is 0 Å². The second-order valence-corrected chi connectivity index (χ2v) is 6.02. The number of nitrogens with one attached hydrogen (secondary N) is 1. The predicted molar refractivity (Wildman–Crippen MR) is 71.3 cm³/mol. The molecule has 2 atom stereocenters. The summed E-state index contributed by atoms with van der Waals surface area (Å²) in [6.45, 7) is 0.520. The molecule has 1 aliphatic carbocycles. The lowest BCUT2D eigenvalue weighted by molar-refractivity contribution is 0.194. The van der Waals surface area contributed by atoms with Crippen LogP contribution in [-0.2, 0) is 10.8 Å². The van der Waals surface area contributed by atoms with E-state index in [1.165, 1.54) is 12.8 Å². The molecule has 0 amide bonds. The molecule has 18 heavy (non-hydrogen) atoms. The lowest BCUT2D eigenvalue weighted by Gasteiger charge is -2.11. The first-order valence-corrected chi connectivity index (χ1v) is 7.45. The van der Waals surface area contributed by atoms with Crippen molar-refractivity contribution in [3.63, 3.8) is 0 Å². The van der Waals surface area contributed by atoms with E-state index in [1.807, 2.05) is 0 Å². The molecule has 0 bridgehead atoms. The third-order valence-electron chi connectivity index (χ3n) is 2.89. The first-order valence-electron chi connectivity index (χ1n) is 6.13. The molecule has 100 valence electrons. The number of hydrogen-bond donors (Lipinski definition) is 2. The van der Waals surface area contributed by atoms with E-state index in [0.29, 0.717) is 12.6 Å². The third-order valence-corrected chi connectivity index (χ3v) is 4.37. The van der Waals surface area contributed by atoms with Crippen LogP contribution in [0.1, 0.15) is 12.8 Å². The first-order chi connectivity index (χ1) is 8.69. The topological polar surface area (TPSA) is 58.6 Å². The van der Waals surface area contributed by atoms with Crippen molar-refractivity contribution in [3.05, 3.63) is 24.3 Å². The van der Waals surface area contributed by atoms with Crippen molar-refractivity contribution in [2.75, 3.05) is 19.4 Å². The SMILES string of the molecule is COc1ccc(S(=O)CC(O)CNC2CC2)cc1. The van der Waals surface area contributed by atoms with Crippen LogP contribution in [0.25, 0.3) is 0 Å². The van der Waals surface area contributed by atoms with Crippen LogP contribution in [0.2, 0.25) is 0 Å². The number of aliphatic hydroxyl groups is 1. The van der Waals surface area contributed by atoms with Gasteiger partial charge < -0.3 is 15.2 Å². The molecule has 1 aliphatic rings. The van der Waals surface area contributed by atoms with Gasteiger partial charge in [-0.25, -0.2) is 0 Å². The Balaban J connectivity index is 1.81. The zero-order valence-corrected chi connectivity index (χ0v) is 11.3. The van der Waals surface area contributed by atoms with Crippen LogP contribution in [0.4, 0.5) is 0 Å². The van der Waals surface area contributed by atoms with Crippen LogP contribution < -0.4 is 10.1 Å². The van der Waals surface area contributed by atoms with E-state index in [1.54, 1.807) is 31.4 Å². The molecule has 1 aromatic rings. The predicted octanol–water partition coefficient (Wildman–Crippen LogP) is 0.916. The molecule has 0 spiro atoms. The van der Waals surface area contributed by atoms with Crippen molar-refractivity contribution in [1.82, 2.24) is 5.32 Å². The summed E-state index contributed by atoms with van der Waals surface area (Å²) in [4.78, 5) is 0.723. The number of benzene rings is 1. The monoisotopic (exact) mass is 269 g/mol. The van der Waals surface area contributed by atoms with Crippen LogP contribution in [-0.4, -0.2) is 40.9 Å². The molecular weight excluding hydrogens is 250 g/mol. The lowest BCUT2D eigenvalue weighted by atomic mass is 10.3. The van der Waals surface area contributed by atoms with E-state index in [9.17, 15) is 9.32 Å². The van der Waals surface area contributed by atoms with Gasteiger partial charge in [0.2, 0.25) is 0 Å². The standard InChI is InChI=1S/C13H19NO3S/c1-17-12-4-6-13(7-5-12)18(16)9-11(15)8-14-10-2-3-10/h4-7,10-11,14-15H,2-3,8-9H2,1H3. The molecule has 0 radical (unpaired) electrons. The number of hydrogen-bond acceptors (Lipinski definition) is 4. The Morgan fingerprint density at radius 3 is 2.67 bits per heavy atom. The molecule has 2 N–H and O–H groups in total. The summed E-state index contributed by atoms with van der Waals surface area (Å²) in [5.41, 5.74) is 0. The van der Waals surface area contributed by atoms with Gasteiger partial charge in [0.15, 0.2) is 0 Å². The van der Waals surface area contributed by atoms with Crippen molar-refractivity contribution < 1.29 is 14.1 Å². The normalized spacial score (nSPS) is 18.3. The fraction of sp³-hybridized carbons (Fsp3) is 0.538. The van der Waals surface area contributed by atoms with Crippen LogP contribution in [0.3, 0.4) is 0 Å². The van der Waals surface area contributed by atoms with Gasteiger partial charge in [0.25, 0.3) is 0 Å². The maximum Gasteiger partial charge on any atom is 0.118 e. The molecule has 4 nitrogen and oxygen atoms in total. The van der Waals surface area contributed by atoms with Crippen molar-refractivity contribution in [1.29, 1.82) is 0 Å². The zero-order chi connectivity index (χ0) is 13.0. The Hall–Kier alpha value is -0.910. The highest BCUT2D eigenvalue weighted by Gasteiger charge is 2.22. The Bertz CT molecular complexity index is 403. The van der Waals surface area contributed by atoms with Gasteiger partial charge in [0.05, 0.1) is 29.8 Å². The molecule has 0 saturated heterocycles. The molecule has 2 unspecified atom stereocenters. The van der Waals surface area contributed by atoms with E-state index in [0.717, 1.165) is 10.6 Å². The first kappa shape index (κ1) is 13.5. The van der Waals surface area contributed by atoms with Gasteiger partial charge in [-0.3, -0.25) is 4.21 Å². The molecule has 1 aromatic carbocycles. The fourth-order valence-electron chi connectivity index (χ4n) is 1.65. The largest absolute Gasteiger partial charge is 0.497 e. The molecule has 5 heteroatoms. The van der Waals surface area contributed by atoms with Crippen molar-refractivity contribution in [2.24, 2.45) is 0 Å². The molecule has 0 aromatic heterocycles. The van der Waals surface area contributed by atoms with Crippen LogP contribution in [0, 0.1) is 0 Å². The Labute approximate surface area is 110 Å². The lowest BCUT2D eigenvalue weighted by Crippen LogP contribution is -2.32. The van der Waals surface area contributed by atoms with Gasteiger partial charge >= 0.3 is 0 Å². The highest BCUT2D eigenvalue weighted by molar-refractivity contribution is 7.85. The van der Waals surface area contributed by atoms with Crippen LogP contribution in [0.15, 0.2) is 29.2 Å². The van der Waals surface area contributed by atoms with Crippen LogP contribution in [0.5, 0.6) is 5.75 Å². The molecule has 1 fully saturated rings. The summed E-state index contributed by atoms with van der Waals surface area (Å²) in [6, 6.07) is 7.67. The quantitative estimate of drug-likeness (QED) is 0.772. The minimum absolute atomic E-state index is 0.270. The van der Waals surface area contributed by atoms with Gasteiger partial charge in [-0.15, -0.1) is 0 Å². The van der Waals surface area contributed by atoms with Crippen LogP contribution >= 0.6 is 0 Å². The minimum Gasteiger partial charge on any atom is -0.497 e. The highest BCUT2D eigenvalue weighted by Crippen LogP contribution is 2.18. The molecule has 1 saturated carbocycles. The second-order valence-electron chi connectivity index (χ2n) is 4.52. The molecule has 0 aliphatic heterocycles. The molecule has 0 heterocycles. The summed E-state index contributed by atoms with van der Waals surface area (Å²) in [5.74, 6) is 1.01. The third kappa shape index (κ3) is 4.08. The minimum atomic E-state index is -1.16. The fourth-order valence-corrected chi connectivity index (χ4v) is 2.75. The number of ether oxygens (including phenoxy) is 1. The number of methoxy groups -OCH3 is 1. The number of rotatable bonds is 7. The highest BCUT2D eigenvalue weighted by atomic mass is 32.2. The van der Waals surface area contributed by atoms with Gasteiger partial charge in [-0.05, 0) is 37.1 Å². The molecule has 2 rings (SSSR count). The van der Waals surface area contributed by atoms with Gasteiger partial charge in [-0.1, -0.05) is 0 Å². The summed E-state index contributed by atoms with van der Waals surface area (Å²) < 4.78 is 17.0. The van der Waals surface area contributed by atoms with E-state index in [4.69, 9.17) is 4.74 Å². The smallest absolute Gasteiger partial charge is 0.118 e. The van der Waals surface area contributed by atoms with Crippen molar-refractivity contribution >= 4 is 10.8 Å². The van der Waals surface area contributed by atoms with E-state index in [2.05, 4.69) is 5.32 Å². The van der Waals surface area contributed by atoms with Crippen molar-refractivity contribution in [2.45, 2.75) is 29.9 Å². The Kier molecular flexibility index (Phi) is 4.74. The average Bonchev–Trinajstić information content (AvgIpc) is 3.20. The maximum absolute atomic E-state index is 12.0. The molecular formula is C13H19NO3S. The Morgan fingerprint density at radius 2 is 2.11 bits per heavy atom. The second kappa shape index (κ2) is 6.31. The van der Waals surface area contributed by atoms with Gasteiger partial charge in [0.1, 0.15) is 5.75 Å². The van der Waals surface area contributed by atoms with Crippen molar-refractivity contribution in [3.8, 4) is 5.75 Å². The average molecular weight is 269 g/mol. The number of aliphatic hydroxyl groups excluding tert-OH is 1.